The maximum absolute atomic E-state index is 6.12. The van der Waals surface area contributed by atoms with Crippen molar-refractivity contribution in [1.29, 1.82) is 0 Å². The molecule has 0 N–H and O–H groups in total. The summed E-state index contributed by atoms with van der Waals surface area (Å²) in [6, 6.07) is 52.7. The van der Waals surface area contributed by atoms with Gasteiger partial charge in [-0.3, -0.25) is 0 Å². The Hall–Kier alpha value is -5.86. The molecule has 4 fully saturated rings. The second-order valence-electron chi connectivity index (χ2n) is 20.7. The van der Waals surface area contributed by atoms with Crippen LogP contribution in [0.3, 0.4) is 0 Å². The molecule has 0 aliphatic carbocycles. The van der Waals surface area contributed by atoms with Gasteiger partial charge in [0.1, 0.15) is 0 Å². The number of benzene rings is 6. The zero-order valence-corrected chi connectivity index (χ0v) is 44.9. The smallest absolute Gasteiger partial charge is 0.158 e. The predicted octanol–water partition coefficient (Wildman–Crippen LogP) is 15.7. The van der Waals surface area contributed by atoms with E-state index in [1.165, 1.54) is 24.0 Å². The molecule has 5 heterocycles. The van der Waals surface area contributed by atoms with Crippen LogP contribution in [-0.2, 0) is 75.5 Å². The number of hydrogen-bond donors (Lipinski definition) is 0. The largest absolute Gasteiger partial charge is 0.502 e. The molecule has 0 saturated carbocycles. The molecule has 0 amide bonds. The first kappa shape index (κ1) is 54.5. The number of ether oxygens (including phenoxy) is 9. The van der Waals surface area contributed by atoms with Crippen LogP contribution in [0.25, 0.3) is 0 Å². The summed E-state index contributed by atoms with van der Waals surface area (Å²) in [6.07, 6.45) is 19.3. The maximum Gasteiger partial charge on any atom is 0.158 e. The fourth-order valence-corrected chi connectivity index (χ4v) is 10.2. The zero-order valence-electron chi connectivity index (χ0n) is 44.9. The molecule has 5 aliphatic rings. The van der Waals surface area contributed by atoms with Gasteiger partial charge in [0.2, 0.25) is 0 Å². The Labute approximate surface area is 456 Å². The summed E-state index contributed by atoms with van der Waals surface area (Å²) in [5.41, 5.74) is 13.4. The fourth-order valence-electron chi connectivity index (χ4n) is 10.2. The molecule has 11 nitrogen and oxygen atoms in total. The average Bonchev–Trinajstić information content (AvgIpc) is 3.51. The van der Waals surface area contributed by atoms with Gasteiger partial charge in [-0.15, -0.1) is 0 Å². The second-order valence-corrected chi connectivity index (χ2v) is 20.7. The molecule has 6 aromatic rings. The molecule has 77 heavy (non-hydrogen) atoms. The van der Waals surface area contributed by atoms with E-state index in [4.69, 9.17) is 42.6 Å². The molecule has 11 rings (SSSR count). The lowest BCUT2D eigenvalue weighted by molar-refractivity contribution is -0.169. The second kappa shape index (κ2) is 29.2. The number of nitrogens with zero attached hydrogens (tertiary/aromatic N) is 2. The van der Waals surface area contributed by atoms with Crippen molar-refractivity contribution in [1.82, 2.24) is 0 Å². The molecule has 4 atom stereocenters. The summed E-state index contributed by atoms with van der Waals surface area (Å²) in [5.74, 6) is 0. The summed E-state index contributed by atoms with van der Waals surface area (Å²) in [7, 11) is 0. The van der Waals surface area contributed by atoms with Crippen LogP contribution < -0.4 is 9.80 Å². The minimum Gasteiger partial charge on any atom is -0.502 e. The molecule has 0 spiro atoms. The van der Waals surface area contributed by atoms with Crippen LogP contribution in [0.15, 0.2) is 158 Å². The van der Waals surface area contributed by atoms with E-state index in [-0.39, 0.29) is 25.2 Å². The van der Waals surface area contributed by atoms with E-state index in [9.17, 15) is 0 Å². The lowest BCUT2D eigenvalue weighted by Gasteiger charge is -2.27. The fraction of sp³-hybridized carbons (Fsp3) is 0.424. The highest BCUT2D eigenvalue weighted by Crippen LogP contribution is 2.38. The van der Waals surface area contributed by atoms with Gasteiger partial charge in [0.25, 0.3) is 0 Å². The SMILES string of the molecule is C1=COCCC1.c1cc(N(c2ccc(COC3CCCCO3)cc2)c2ccc(Cc3ccc(N(c4ccc(COC5CCCCO5)cc4)c4ccc(COC5CCCCO5)cc4)cc3)cc2)ccc1COC1CCCCO1. The molecule has 0 aromatic heterocycles. The van der Waals surface area contributed by atoms with Crippen molar-refractivity contribution in [2.24, 2.45) is 0 Å². The molecule has 4 saturated heterocycles. The van der Waals surface area contributed by atoms with E-state index in [2.05, 4.69) is 155 Å². The highest BCUT2D eigenvalue weighted by Gasteiger charge is 2.20. The van der Waals surface area contributed by atoms with E-state index in [1.807, 2.05) is 6.08 Å². The monoisotopic (exact) mass is 1040 g/mol. The number of hydrogen-bond acceptors (Lipinski definition) is 11. The van der Waals surface area contributed by atoms with Crippen molar-refractivity contribution in [3.63, 3.8) is 0 Å². The lowest BCUT2D eigenvalue weighted by atomic mass is 10.0. The first-order chi connectivity index (χ1) is 38.1. The van der Waals surface area contributed by atoms with Gasteiger partial charge < -0.3 is 52.4 Å². The van der Waals surface area contributed by atoms with Crippen LogP contribution in [0.1, 0.15) is 123 Å². The van der Waals surface area contributed by atoms with Crippen molar-refractivity contribution in [2.75, 3.05) is 42.8 Å². The Balaban J connectivity index is 0.00000105. The minimum absolute atomic E-state index is 0.120. The first-order valence-corrected chi connectivity index (χ1v) is 28.5. The van der Waals surface area contributed by atoms with E-state index < -0.39 is 0 Å². The quantitative estimate of drug-likeness (QED) is 0.0732. The Kier molecular flexibility index (Phi) is 20.7. The van der Waals surface area contributed by atoms with Crippen LogP contribution in [0.2, 0.25) is 0 Å². The van der Waals surface area contributed by atoms with E-state index in [0.717, 1.165) is 173 Å². The normalized spacial score (nSPS) is 20.6. The van der Waals surface area contributed by atoms with Crippen molar-refractivity contribution in [2.45, 2.75) is 148 Å². The Morgan fingerprint density at radius 3 is 0.779 bits per heavy atom. The summed E-state index contributed by atoms with van der Waals surface area (Å²) in [5, 5.41) is 0. The molecule has 6 aromatic carbocycles. The van der Waals surface area contributed by atoms with Gasteiger partial charge in [0, 0.05) is 60.6 Å². The van der Waals surface area contributed by atoms with Crippen molar-refractivity contribution >= 4 is 34.1 Å². The van der Waals surface area contributed by atoms with Gasteiger partial charge in [-0.05, 0) is 209 Å². The third kappa shape index (κ3) is 16.6. The summed E-state index contributed by atoms with van der Waals surface area (Å²) < 4.78 is 52.7. The molecule has 0 radical (unpaired) electrons. The standard InChI is InChI=1S/C61H70N2O8.C5H8O/c1-5-37-64-58(9-1)68-42-48-17-29-54(30-18-48)62(55-31-19-49(20-32-55)43-69-59-10-2-6-38-65-59)52-25-13-46(14-26-52)41-47-15-27-53(28-16-47)63(56-33-21-50(22-34-56)44-70-60-11-3-7-39-66-60)57-35-23-51(24-36-57)45-71-61-12-4-8-40-67-61;1-2-4-6-5-3-1/h13-36,58-61H,1-12,37-45H2;2,4H,1,3,5H2. The van der Waals surface area contributed by atoms with Gasteiger partial charge in [-0.1, -0.05) is 72.8 Å². The molecule has 0 bridgehead atoms. The summed E-state index contributed by atoms with van der Waals surface area (Å²) >= 11 is 0. The molecular weight excluding hydrogens is 965 g/mol. The van der Waals surface area contributed by atoms with Crippen molar-refractivity contribution in [3.8, 4) is 0 Å². The third-order valence-corrected chi connectivity index (χ3v) is 14.7. The molecular formula is C66H78N2O9. The van der Waals surface area contributed by atoms with Crippen LogP contribution in [0.4, 0.5) is 34.1 Å². The lowest BCUT2D eigenvalue weighted by Crippen LogP contribution is -2.22. The number of allylic oxidation sites excluding steroid dienone is 1. The van der Waals surface area contributed by atoms with Gasteiger partial charge in [-0.2, -0.15) is 0 Å². The average molecular weight is 1040 g/mol. The van der Waals surface area contributed by atoms with Gasteiger partial charge in [0.15, 0.2) is 25.2 Å². The first-order valence-electron chi connectivity index (χ1n) is 28.5. The Morgan fingerprint density at radius 1 is 0.312 bits per heavy atom. The van der Waals surface area contributed by atoms with E-state index in [1.54, 1.807) is 6.26 Å². The van der Waals surface area contributed by atoms with Crippen molar-refractivity contribution < 1.29 is 42.6 Å². The molecule has 4 unspecified atom stereocenters. The highest BCUT2D eigenvalue weighted by molar-refractivity contribution is 5.78. The van der Waals surface area contributed by atoms with Crippen LogP contribution in [0, 0.1) is 0 Å². The number of rotatable bonds is 20. The Morgan fingerprint density at radius 2 is 0.584 bits per heavy atom. The van der Waals surface area contributed by atoms with Crippen LogP contribution in [0.5, 0.6) is 0 Å². The topological polar surface area (TPSA) is 89.6 Å². The Bertz CT molecular complexity index is 2320. The minimum atomic E-state index is -0.120. The molecule has 5 aliphatic heterocycles. The third-order valence-electron chi connectivity index (χ3n) is 14.7. The summed E-state index contributed by atoms with van der Waals surface area (Å²) in [4.78, 5) is 4.62. The maximum atomic E-state index is 6.12. The molecule has 406 valence electrons. The highest BCUT2D eigenvalue weighted by atomic mass is 16.7. The van der Waals surface area contributed by atoms with Crippen molar-refractivity contribution in [3.05, 3.63) is 191 Å². The molecule has 11 heteroatoms. The van der Waals surface area contributed by atoms with Gasteiger partial charge in [0.05, 0.1) is 39.3 Å². The van der Waals surface area contributed by atoms with E-state index in [0.29, 0.717) is 26.4 Å². The zero-order chi connectivity index (χ0) is 52.1. The van der Waals surface area contributed by atoms with Crippen LogP contribution >= 0.6 is 0 Å². The predicted molar refractivity (Wildman–Crippen MR) is 303 cm³/mol. The van der Waals surface area contributed by atoms with Crippen LogP contribution in [-0.4, -0.2) is 58.2 Å². The number of anilines is 6. The van der Waals surface area contributed by atoms with Gasteiger partial charge in [-0.25, -0.2) is 0 Å². The summed E-state index contributed by atoms with van der Waals surface area (Å²) in [6.45, 7) is 6.11. The van der Waals surface area contributed by atoms with Gasteiger partial charge >= 0.3 is 0 Å². The van der Waals surface area contributed by atoms with E-state index >= 15 is 0 Å².